The Morgan fingerprint density at radius 1 is 1.24 bits per heavy atom. The predicted octanol–water partition coefficient (Wildman–Crippen LogP) is 3.35. The highest BCUT2D eigenvalue weighted by Gasteiger charge is 2.18. The zero-order valence-corrected chi connectivity index (χ0v) is 13.5. The van der Waals surface area contributed by atoms with Crippen molar-refractivity contribution in [2.24, 2.45) is 0 Å². The molecule has 4 nitrogen and oxygen atoms in total. The number of para-hydroxylation sites is 1. The number of benzene rings is 1. The SMILES string of the molecule is COc1cccc(CN(C)C(=O)c2sccc2C)c1OC. The van der Waals surface area contributed by atoms with Crippen molar-refractivity contribution in [2.45, 2.75) is 13.5 Å². The molecule has 112 valence electrons. The fourth-order valence-electron chi connectivity index (χ4n) is 2.17. The van der Waals surface area contributed by atoms with Gasteiger partial charge in [-0.2, -0.15) is 0 Å². The van der Waals surface area contributed by atoms with Crippen LogP contribution in [0.2, 0.25) is 0 Å². The highest BCUT2D eigenvalue weighted by Crippen LogP contribution is 2.31. The molecule has 0 aliphatic heterocycles. The summed E-state index contributed by atoms with van der Waals surface area (Å²) < 4.78 is 10.7. The number of carbonyl (C=O) groups is 1. The van der Waals surface area contributed by atoms with Gasteiger partial charge in [-0.1, -0.05) is 12.1 Å². The predicted molar refractivity (Wildman–Crippen MR) is 84.4 cm³/mol. The van der Waals surface area contributed by atoms with E-state index < -0.39 is 0 Å². The van der Waals surface area contributed by atoms with E-state index in [2.05, 4.69) is 0 Å². The van der Waals surface area contributed by atoms with Crippen molar-refractivity contribution in [1.82, 2.24) is 4.90 Å². The molecule has 21 heavy (non-hydrogen) atoms. The average molecular weight is 305 g/mol. The molecule has 1 aromatic heterocycles. The third-order valence-corrected chi connectivity index (χ3v) is 4.30. The number of aryl methyl sites for hydroxylation is 1. The molecule has 2 aromatic rings. The molecule has 0 atom stereocenters. The van der Waals surface area contributed by atoms with Crippen LogP contribution in [-0.4, -0.2) is 32.1 Å². The van der Waals surface area contributed by atoms with Crippen LogP contribution >= 0.6 is 11.3 Å². The number of methoxy groups -OCH3 is 2. The zero-order valence-electron chi connectivity index (χ0n) is 12.7. The van der Waals surface area contributed by atoms with E-state index in [1.807, 2.05) is 36.6 Å². The largest absolute Gasteiger partial charge is 0.493 e. The van der Waals surface area contributed by atoms with E-state index in [0.717, 1.165) is 16.0 Å². The van der Waals surface area contributed by atoms with E-state index in [1.165, 1.54) is 11.3 Å². The van der Waals surface area contributed by atoms with Gasteiger partial charge in [0.25, 0.3) is 5.91 Å². The molecule has 0 aliphatic carbocycles. The van der Waals surface area contributed by atoms with Crippen molar-refractivity contribution < 1.29 is 14.3 Å². The number of hydrogen-bond donors (Lipinski definition) is 0. The quantitative estimate of drug-likeness (QED) is 0.850. The molecule has 0 spiro atoms. The van der Waals surface area contributed by atoms with E-state index >= 15 is 0 Å². The summed E-state index contributed by atoms with van der Waals surface area (Å²) in [4.78, 5) is 14.9. The lowest BCUT2D eigenvalue weighted by Crippen LogP contribution is -2.26. The Morgan fingerprint density at radius 2 is 2.00 bits per heavy atom. The van der Waals surface area contributed by atoms with Gasteiger partial charge < -0.3 is 14.4 Å². The number of thiophene rings is 1. The molecule has 0 radical (unpaired) electrons. The number of carbonyl (C=O) groups excluding carboxylic acids is 1. The standard InChI is InChI=1S/C16H19NO3S/c1-11-8-9-21-15(11)16(18)17(2)10-12-6-5-7-13(19-3)14(12)20-4/h5-9H,10H2,1-4H3. The molecule has 0 N–H and O–H groups in total. The minimum Gasteiger partial charge on any atom is -0.493 e. The van der Waals surface area contributed by atoms with Crippen molar-refractivity contribution in [3.05, 3.63) is 45.6 Å². The average Bonchev–Trinajstić information content (AvgIpc) is 2.92. The van der Waals surface area contributed by atoms with Crippen molar-refractivity contribution in [1.29, 1.82) is 0 Å². The maximum absolute atomic E-state index is 12.4. The molecule has 0 fully saturated rings. The first-order valence-corrected chi connectivity index (χ1v) is 7.45. The van der Waals surface area contributed by atoms with Gasteiger partial charge >= 0.3 is 0 Å². The van der Waals surface area contributed by atoms with Gasteiger partial charge in [0.15, 0.2) is 11.5 Å². The molecule has 1 aromatic carbocycles. The lowest BCUT2D eigenvalue weighted by atomic mass is 10.1. The topological polar surface area (TPSA) is 38.8 Å². The Morgan fingerprint density at radius 3 is 2.57 bits per heavy atom. The van der Waals surface area contributed by atoms with Gasteiger partial charge in [0, 0.05) is 19.2 Å². The van der Waals surface area contributed by atoms with Gasteiger partial charge in [-0.3, -0.25) is 4.79 Å². The second kappa shape index (κ2) is 6.63. The van der Waals surface area contributed by atoms with E-state index in [4.69, 9.17) is 9.47 Å². The van der Waals surface area contributed by atoms with Crippen molar-refractivity contribution in [2.75, 3.05) is 21.3 Å². The molecule has 1 amide bonds. The van der Waals surface area contributed by atoms with Crippen LogP contribution in [0.1, 0.15) is 20.8 Å². The molecule has 1 heterocycles. The molecule has 0 aliphatic rings. The first-order chi connectivity index (χ1) is 10.1. The summed E-state index contributed by atoms with van der Waals surface area (Å²) in [6, 6.07) is 7.63. The fourth-order valence-corrected chi connectivity index (χ4v) is 3.09. The van der Waals surface area contributed by atoms with Crippen LogP contribution in [0.25, 0.3) is 0 Å². The summed E-state index contributed by atoms with van der Waals surface area (Å²) >= 11 is 1.47. The molecule has 0 unspecified atom stereocenters. The maximum atomic E-state index is 12.4. The summed E-state index contributed by atoms with van der Waals surface area (Å²) in [5.41, 5.74) is 1.93. The monoisotopic (exact) mass is 305 g/mol. The smallest absolute Gasteiger partial charge is 0.264 e. The first-order valence-electron chi connectivity index (χ1n) is 6.58. The number of amides is 1. The van der Waals surface area contributed by atoms with Crippen LogP contribution in [0.15, 0.2) is 29.6 Å². The van der Waals surface area contributed by atoms with Crippen molar-refractivity contribution in [3.63, 3.8) is 0 Å². The number of rotatable bonds is 5. The van der Waals surface area contributed by atoms with Crippen molar-refractivity contribution >= 4 is 17.2 Å². The van der Waals surface area contributed by atoms with Crippen molar-refractivity contribution in [3.8, 4) is 11.5 Å². The lowest BCUT2D eigenvalue weighted by molar-refractivity contribution is 0.0788. The molecule has 2 rings (SSSR count). The molecule has 5 heteroatoms. The number of nitrogens with zero attached hydrogens (tertiary/aromatic N) is 1. The van der Waals surface area contributed by atoms with Crippen LogP contribution in [0.5, 0.6) is 11.5 Å². The molecular weight excluding hydrogens is 286 g/mol. The Labute approximate surface area is 128 Å². The minimum atomic E-state index is 0.0207. The summed E-state index contributed by atoms with van der Waals surface area (Å²) in [5, 5.41) is 1.93. The highest BCUT2D eigenvalue weighted by molar-refractivity contribution is 7.12. The molecular formula is C16H19NO3S. The Balaban J connectivity index is 2.22. The van der Waals surface area contributed by atoms with Crippen LogP contribution in [0, 0.1) is 6.92 Å². The van der Waals surface area contributed by atoms with E-state index in [-0.39, 0.29) is 5.91 Å². The third kappa shape index (κ3) is 3.19. The van der Waals surface area contributed by atoms with Gasteiger partial charge in [0.2, 0.25) is 0 Å². The second-order valence-electron chi connectivity index (χ2n) is 4.75. The molecule has 0 bridgehead atoms. The fraction of sp³-hybridized carbons (Fsp3) is 0.312. The lowest BCUT2D eigenvalue weighted by Gasteiger charge is -2.19. The second-order valence-corrected chi connectivity index (χ2v) is 5.66. The zero-order chi connectivity index (χ0) is 15.4. The normalized spacial score (nSPS) is 10.3. The van der Waals surface area contributed by atoms with Gasteiger partial charge in [-0.15, -0.1) is 11.3 Å². The first kappa shape index (κ1) is 15.4. The van der Waals surface area contributed by atoms with Crippen LogP contribution < -0.4 is 9.47 Å². The maximum Gasteiger partial charge on any atom is 0.264 e. The summed E-state index contributed by atoms with van der Waals surface area (Å²) in [6.45, 7) is 2.42. The van der Waals surface area contributed by atoms with Gasteiger partial charge in [0.1, 0.15) is 0 Å². The third-order valence-electron chi connectivity index (χ3n) is 3.30. The van der Waals surface area contributed by atoms with E-state index in [1.54, 1.807) is 26.2 Å². The van der Waals surface area contributed by atoms with E-state index in [0.29, 0.717) is 18.0 Å². The van der Waals surface area contributed by atoms with Crippen LogP contribution in [-0.2, 0) is 6.54 Å². The summed E-state index contributed by atoms with van der Waals surface area (Å²) in [7, 11) is 5.00. The van der Waals surface area contributed by atoms with Gasteiger partial charge in [-0.25, -0.2) is 0 Å². The Kier molecular flexibility index (Phi) is 4.85. The van der Waals surface area contributed by atoms with Gasteiger partial charge in [0.05, 0.1) is 19.1 Å². The summed E-state index contributed by atoms with van der Waals surface area (Å²) in [5.74, 6) is 1.36. The number of hydrogen-bond acceptors (Lipinski definition) is 4. The molecule has 0 saturated heterocycles. The Bertz CT molecular complexity index is 636. The minimum absolute atomic E-state index is 0.0207. The summed E-state index contributed by atoms with van der Waals surface area (Å²) in [6.07, 6.45) is 0. The van der Waals surface area contributed by atoms with Gasteiger partial charge in [-0.05, 0) is 30.0 Å². The van der Waals surface area contributed by atoms with Crippen LogP contribution in [0.3, 0.4) is 0 Å². The van der Waals surface area contributed by atoms with E-state index in [9.17, 15) is 4.79 Å². The highest BCUT2D eigenvalue weighted by atomic mass is 32.1. The molecule has 0 saturated carbocycles. The van der Waals surface area contributed by atoms with Crippen LogP contribution in [0.4, 0.5) is 0 Å². The number of ether oxygens (including phenoxy) is 2. The Hall–Kier alpha value is -2.01.